The Bertz CT molecular complexity index is 786. The summed E-state index contributed by atoms with van der Waals surface area (Å²) >= 11 is 7.71. The first kappa shape index (κ1) is 21.7. The molecule has 2 atom stereocenters. The predicted octanol–water partition coefficient (Wildman–Crippen LogP) is 3.20. The van der Waals surface area contributed by atoms with Crippen LogP contribution < -0.4 is 16.4 Å². The molecule has 0 bridgehead atoms. The van der Waals surface area contributed by atoms with E-state index in [2.05, 4.69) is 10.6 Å². The van der Waals surface area contributed by atoms with Crippen LogP contribution >= 0.6 is 35.3 Å². The molecule has 0 radical (unpaired) electrons. The Labute approximate surface area is 172 Å². The van der Waals surface area contributed by atoms with Crippen LogP contribution in [0, 0.1) is 0 Å². The van der Waals surface area contributed by atoms with Crippen LogP contribution in [0.25, 0.3) is 0 Å². The normalized spacial score (nSPS) is 18.6. The second-order valence-corrected chi connectivity index (χ2v) is 7.45. The Morgan fingerprint density at radius 3 is 2.78 bits per heavy atom. The molecule has 27 heavy (non-hydrogen) atoms. The molecule has 4 N–H and O–H groups in total. The number of amides is 2. The summed E-state index contributed by atoms with van der Waals surface area (Å²) in [6.45, 7) is 0.832. The van der Waals surface area contributed by atoms with E-state index in [0.29, 0.717) is 35.8 Å². The SMILES string of the molecule is Cl.NC[C@H]1CC[C@@H](C(=O)Nc2ccc(Cl)c(C(=O)NCc3cccs3)c2)O1. The quantitative estimate of drug-likeness (QED) is 0.656. The van der Waals surface area contributed by atoms with Crippen LogP contribution in [0.5, 0.6) is 0 Å². The molecule has 1 aliphatic rings. The summed E-state index contributed by atoms with van der Waals surface area (Å²) < 4.78 is 5.58. The van der Waals surface area contributed by atoms with Crippen LogP contribution in [0.1, 0.15) is 28.1 Å². The number of anilines is 1. The molecule has 1 aliphatic heterocycles. The van der Waals surface area contributed by atoms with Gasteiger partial charge in [-0.15, -0.1) is 23.7 Å². The van der Waals surface area contributed by atoms with Crippen molar-refractivity contribution in [3.05, 3.63) is 51.2 Å². The van der Waals surface area contributed by atoms with Crippen LogP contribution in [0.4, 0.5) is 5.69 Å². The van der Waals surface area contributed by atoms with Gasteiger partial charge in [-0.05, 0) is 42.5 Å². The van der Waals surface area contributed by atoms with Gasteiger partial charge < -0.3 is 21.1 Å². The highest BCUT2D eigenvalue weighted by atomic mass is 35.5. The second kappa shape index (κ2) is 10.1. The van der Waals surface area contributed by atoms with E-state index >= 15 is 0 Å². The third-order valence-corrected chi connectivity index (χ3v) is 5.35. The first-order valence-electron chi connectivity index (χ1n) is 8.33. The molecule has 6 nitrogen and oxygen atoms in total. The van der Waals surface area contributed by atoms with Gasteiger partial charge >= 0.3 is 0 Å². The predicted molar refractivity (Wildman–Crippen MR) is 110 cm³/mol. The van der Waals surface area contributed by atoms with Crippen molar-refractivity contribution >= 4 is 52.8 Å². The maximum Gasteiger partial charge on any atom is 0.253 e. The molecule has 0 saturated carbocycles. The minimum Gasteiger partial charge on any atom is -0.364 e. The number of rotatable bonds is 6. The molecule has 2 aromatic rings. The van der Waals surface area contributed by atoms with Crippen LogP contribution in [0.2, 0.25) is 5.02 Å². The number of ether oxygens (including phenoxy) is 1. The first-order valence-corrected chi connectivity index (χ1v) is 9.59. The zero-order valence-electron chi connectivity index (χ0n) is 14.4. The summed E-state index contributed by atoms with van der Waals surface area (Å²) in [7, 11) is 0. The molecule has 2 amide bonds. The molecule has 2 heterocycles. The molecule has 0 aliphatic carbocycles. The second-order valence-electron chi connectivity index (χ2n) is 6.01. The van der Waals surface area contributed by atoms with Crippen LogP contribution in [0.15, 0.2) is 35.7 Å². The average Bonchev–Trinajstić information content (AvgIpc) is 3.32. The van der Waals surface area contributed by atoms with Crippen molar-refractivity contribution in [1.82, 2.24) is 5.32 Å². The average molecular weight is 430 g/mol. The van der Waals surface area contributed by atoms with Crippen molar-refractivity contribution in [1.29, 1.82) is 0 Å². The molecular weight excluding hydrogens is 409 g/mol. The van der Waals surface area contributed by atoms with E-state index in [0.717, 1.165) is 11.3 Å². The fourth-order valence-corrected chi connectivity index (χ4v) is 3.60. The Hall–Kier alpha value is -1.64. The number of nitrogens with one attached hydrogen (secondary N) is 2. The van der Waals surface area contributed by atoms with Crippen LogP contribution in [-0.2, 0) is 16.1 Å². The maximum absolute atomic E-state index is 12.4. The topological polar surface area (TPSA) is 93.5 Å². The minimum absolute atomic E-state index is 0. The first-order chi connectivity index (χ1) is 12.6. The number of nitrogens with two attached hydrogens (primary N) is 1. The van der Waals surface area contributed by atoms with Gasteiger partial charge in [0.1, 0.15) is 6.10 Å². The summed E-state index contributed by atoms with van der Waals surface area (Å²) in [4.78, 5) is 25.8. The molecular formula is C18H21Cl2N3O3S. The molecule has 1 saturated heterocycles. The zero-order valence-corrected chi connectivity index (χ0v) is 16.8. The van der Waals surface area contributed by atoms with Crippen molar-refractivity contribution in [3.63, 3.8) is 0 Å². The van der Waals surface area contributed by atoms with Gasteiger partial charge in [0.2, 0.25) is 0 Å². The van der Waals surface area contributed by atoms with Crippen LogP contribution in [-0.4, -0.2) is 30.6 Å². The smallest absolute Gasteiger partial charge is 0.253 e. The Morgan fingerprint density at radius 2 is 2.11 bits per heavy atom. The van der Waals surface area contributed by atoms with Crippen molar-refractivity contribution in [3.8, 4) is 0 Å². The summed E-state index contributed by atoms with van der Waals surface area (Å²) in [5.41, 5.74) is 6.38. The number of carbonyl (C=O) groups is 2. The van der Waals surface area contributed by atoms with E-state index in [1.165, 1.54) is 0 Å². The number of hydrogen-bond donors (Lipinski definition) is 3. The molecule has 146 valence electrons. The number of benzene rings is 1. The van der Waals surface area contributed by atoms with Gasteiger partial charge in [-0.25, -0.2) is 0 Å². The Morgan fingerprint density at radius 1 is 1.30 bits per heavy atom. The van der Waals surface area contributed by atoms with E-state index in [9.17, 15) is 9.59 Å². The van der Waals surface area contributed by atoms with Gasteiger partial charge in [-0.2, -0.15) is 0 Å². The van der Waals surface area contributed by atoms with Gasteiger partial charge in [0, 0.05) is 17.1 Å². The maximum atomic E-state index is 12.4. The summed E-state index contributed by atoms with van der Waals surface area (Å²) in [6, 6.07) is 8.69. The highest BCUT2D eigenvalue weighted by molar-refractivity contribution is 7.09. The molecule has 1 aromatic carbocycles. The van der Waals surface area contributed by atoms with E-state index in [1.54, 1.807) is 29.5 Å². The minimum atomic E-state index is -0.518. The lowest BCUT2D eigenvalue weighted by atomic mass is 10.1. The van der Waals surface area contributed by atoms with Gasteiger partial charge in [-0.3, -0.25) is 9.59 Å². The van der Waals surface area contributed by atoms with E-state index in [1.807, 2.05) is 17.5 Å². The Balaban J connectivity index is 0.00000261. The van der Waals surface area contributed by atoms with Gasteiger partial charge in [0.05, 0.1) is 23.2 Å². The van der Waals surface area contributed by atoms with Crippen molar-refractivity contribution < 1.29 is 14.3 Å². The summed E-state index contributed by atoms with van der Waals surface area (Å²) in [6.07, 6.45) is 0.811. The van der Waals surface area contributed by atoms with E-state index < -0.39 is 6.10 Å². The molecule has 0 spiro atoms. The number of carbonyl (C=O) groups excluding carboxylic acids is 2. The summed E-state index contributed by atoms with van der Waals surface area (Å²) in [5, 5.41) is 7.88. The highest BCUT2D eigenvalue weighted by Crippen LogP contribution is 2.23. The molecule has 9 heteroatoms. The molecule has 1 fully saturated rings. The van der Waals surface area contributed by atoms with E-state index in [-0.39, 0.29) is 30.3 Å². The van der Waals surface area contributed by atoms with Crippen molar-refractivity contribution in [2.75, 3.05) is 11.9 Å². The fourth-order valence-electron chi connectivity index (χ4n) is 2.75. The zero-order chi connectivity index (χ0) is 18.5. The highest BCUT2D eigenvalue weighted by Gasteiger charge is 2.30. The molecule has 0 unspecified atom stereocenters. The van der Waals surface area contributed by atoms with Gasteiger partial charge in [-0.1, -0.05) is 17.7 Å². The molecule has 3 rings (SSSR count). The van der Waals surface area contributed by atoms with Gasteiger partial charge in [0.25, 0.3) is 11.8 Å². The van der Waals surface area contributed by atoms with E-state index in [4.69, 9.17) is 22.1 Å². The lowest BCUT2D eigenvalue weighted by molar-refractivity contribution is -0.126. The molecule has 1 aromatic heterocycles. The fraction of sp³-hybridized carbons (Fsp3) is 0.333. The number of hydrogen-bond acceptors (Lipinski definition) is 5. The largest absolute Gasteiger partial charge is 0.364 e. The van der Waals surface area contributed by atoms with Crippen molar-refractivity contribution in [2.45, 2.75) is 31.6 Å². The number of thiophene rings is 1. The number of halogens is 2. The standard InChI is InChI=1S/C18H20ClN3O3S.ClH/c19-15-5-3-11(22-18(24)16-6-4-12(9-20)25-16)8-14(15)17(23)21-10-13-2-1-7-26-13;/h1-3,5,7-8,12,16H,4,6,9-10,20H2,(H,21,23)(H,22,24);1H/t12-,16+;/m1./s1. The lowest BCUT2D eigenvalue weighted by Crippen LogP contribution is -2.30. The summed E-state index contributed by atoms with van der Waals surface area (Å²) in [5.74, 6) is -0.534. The Kier molecular flexibility index (Phi) is 8.07. The third-order valence-electron chi connectivity index (χ3n) is 4.14. The third kappa shape index (κ3) is 5.67. The monoisotopic (exact) mass is 429 g/mol. The van der Waals surface area contributed by atoms with Gasteiger partial charge in [0.15, 0.2) is 0 Å². The van der Waals surface area contributed by atoms with Crippen molar-refractivity contribution in [2.24, 2.45) is 5.73 Å². The lowest BCUT2D eigenvalue weighted by Gasteiger charge is -2.14. The van der Waals surface area contributed by atoms with Crippen LogP contribution in [0.3, 0.4) is 0 Å².